The van der Waals surface area contributed by atoms with Crippen LogP contribution < -0.4 is 20.7 Å². The summed E-state index contributed by atoms with van der Waals surface area (Å²) in [7, 11) is 3.31. The molecule has 1 rings (SSSR count). The summed E-state index contributed by atoms with van der Waals surface area (Å²) in [6.45, 7) is 5.72. The van der Waals surface area contributed by atoms with Crippen LogP contribution in [0.2, 0.25) is 0 Å². The molecule has 6 nitrogen and oxygen atoms in total. The Kier molecular flexibility index (Phi) is 11.2. The number of carbonyl (C=O) groups is 1. The van der Waals surface area contributed by atoms with E-state index in [0.717, 1.165) is 17.9 Å². The maximum absolute atomic E-state index is 11.8. The first kappa shape index (κ1) is 21.5. The third-order valence-corrected chi connectivity index (χ3v) is 2.97. The van der Waals surface area contributed by atoms with Crippen LogP contribution in [0.4, 0.5) is 0 Å². The van der Waals surface area contributed by atoms with E-state index in [1.165, 1.54) is 0 Å². The van der Waals surface area contributed by atoms with Crippen molar-refractivity contribution in [1.82, 2.24) is 16.0 Å². The molecule has 3 N–H and O–H groups in total. The summed E-state index contributed by atoms with van der Waals surface area (Å²) in [5.41, 5.74) is 1.02. The molecule has 0 spiro atoms. The van der Waals surface area contributed by atoms with Gasteiger partial charge in [0.25, 0.3) is 0 Å². The van der Waals surface area contributed by atoms with E-state index in [-0.39, 0.29) is 36.4 Å². The molecule has 23 heavy (non-hydrogen) atoms. The van der Waals surface area contributed by atoms with E-state index < -0.39 is 0 Å². The lowest BCUT2D eigenvalue weighted by Gasteiger charge is -2.13. The van der Waals surface area contributed by atoms with Crippen LogP contribution in [0.3, 0.4) is 0 Å². The maximum atomic E-state index is 11.8. The van der Waals surface area contributed by atoms with Crippen molar-refractivity contribution in [3.05, 3.63) is 29.8 Å². The SMILES string of the molecule is CN=C(NCC(=O)NCc1ccc(OC)cc1)NCC(C)C.I. The molecule has 0 fully saturated rings. The molecule has 1 aromatic rings. The van der Waals surface area contributed by atoms with Crippen LogP contribution in [0.15, 0.2) is 29.3 Å². The number of benzene rings is 1. The third kappa shape index (κ3) is 9.27. The van der Waals surface area contributed by atoms with Gasteiger partial charge in [-0.15, -0.1) is 24.0 Å². The molecule has 0 aromatic heterocycles. The van der Waals surface area contributed by atoms with E-state index in [9.17, 15) is 4.79 Å². The Labute approximate surface area is 155 Å². The van der Waals surface area contributed by atoms with Gasteiger partial charge in [-0.3, -0.25) is 9.79 Å². The van der Waals surface area contributed by atoms with Gasteiger partial charge in [0.1, 0.15) is 5.75 Å². The average Bonchev–Trinajstić information content (AvgIpc) is 2.53. The van der Waals surface area contributed by atoms with Crippen molar-refractivity contribution in [2.75, 3.05) is 27.2 Å². The number of halogens is 1. The lowest BCUT2D eigenvalue weighted by molar-refractivity contribution is -0.120. The number of ether oxygens (including phenoxy) is 1. The van der Waals surface area contributed by atoms with E-state index in [1.54, 1.807) is 14.2 Å². The molecule has 0 radical (unpaired) electrons. The van der Waals surface area contributed by atoms with Crippen LogP contribution in [0.5, 0.6) is 5.75 Å². The molecule has 0 aliphatic heterocycles. The zero-order valence-electron chi connectivity index (χ0n) is 14.2. The number of guanidine groups is 1. The van der Waals surface area contributed by atoms with Gasteiger partial charge in [-0.25, -0.2) is 0 Å². The lowest BCUT2D eigenvalue weighted by Crippen LogP contribution is -2.43. The Morgan fingerprint density at radius 3 is 2.35 bits per heavy atom. The molecule has 0 atom stereocenters. The Morgan fingerprint density at radius 2 is 1.83 bits per heavy atom. The molecule has 0 saturated carbocycles. The maximum Gasteiger partial charge on any atom is 0.239 e. The summed E-state index contributed by atoms with van der Waals surface area (Å²) in [5.74, 6) is 1.87. The number of hydrogen-bond donors (Lipinski definition) is 3. The van der Waals surface area contributed by atoms with Crippen LogP contribution in [0.1, 0.15) is 19.4 Å². The Balaban J connectivity index is 0.00000484. The second-order valence-electron chi connectivity index (χ2n) is 5.33. The van der Waals surface area contributed by atoms with Crippen molar-refractivity contribution < 1.29 is 9.53 Å². The van der Waals surface area contributed by atoms with Crippen molar-refractivity contribution >= 4 is 35.8 Å². The summed E-state index contributed by atoms with van der Waals surface area (Å²) in [6.07, 6.45) is 0. The molecule has 130 valence electrons. The zero-order chi connectivity index (χ0) is 16.4. The molecular formula is C16H27IN4O2. The van der Waals surface area contributed by atoms with Gasteiger partial charge >= 0.3 is 0 Å². The van der Waals surface area contributed by atoms with Gasteiger partial charge in [0.2, 0.25) is 5.91 Å². The molecule has 0 unspecified atom stereocenters. The predicted molar refractivity (Wildman–Crippen MR) is 104 cm³/mol. The van der Waals surface area contributed by atoms with Crippen LogP contribution >= 0.6 is 24.0 Å². The van der Waals surface area contributed by atoms with Crippen molar-refractivity contribution in [2.24, 2.45) is 10.9 Å². The van der Waals surface area contributed by atoms with Gasteiger partial charge in [0.05, 0.1) is 13.7 Å². The topological polar surface area (TPSA) is 74.8 Å². The summed E-state index contributed by atoms with van der Waals surface area (Å²) in [6, 6.07) is 7.60. The second-order valence-corrected chi connectivity index (χ2v) is 5.33. The van der Waals surface area contributed by atoms with Crippen molar-refractivity contribution in [2.45, 2.75) is 20.4 Å². The molecule has 0 aliphatic carbocycles. The Morgan fingerprint density at radius 1 is 1.17 bits per heavy atom. The highest BCUT2D eigenvalue weighted by Crippen LogP contribution is 2.10. The minimum absolute atomic E-state index is 0. The number of methoxy groups -OCH3 is 1. The molecule has 7 heteroatoms. The predicted octanol–water partition coefficient (Wildman–Crippen LogP) is 1.75. The van der Waals surface area contributed by atoms with Crippen molar-refractivity contribution in [3.63, 3.8) is 0 Å². The van der Waals surface area contributed by atoms with E-state index in [2.05, 4.69) is 34.8 Å². The van der Waals surface area contributed by atoms with Crippen molar-refractivity contribution in [3.8, 4) is 5.75 Å². The molecule has 1 amide bonds. The van der Waals surface area contributed by atoms with Crippen LogP contribution in [0.25, 0.3) is 0 Å². The molecule has 0 saturated heterocycles. The molecular weight excluding hydrogens is 407 g/mol. The summed E-state index contributed by atoms with van der Waals surface area (Å²) in [4.78, 5) is 15.9. The number of aliphatic imine (C=N–C) groups is 1. The molecule has 0 bridgehead atoms. The van der Waals surface area contributed by atoms with Crippen molar-refractivity contribution in [1.29, 1.82) is 0 Å². The van der Waals surface area contributed by atoms with Crippen LogP contribution in [-0.2, 0) is 11.3 Å². The van der Waals surface area contributed by atoms with Gasteiger partial charge in [-0.1, -0.05) is 26.0 Å². The van der Waals surface area contributed by atoms with Gasteiger partial charge in [-0.2, -0.15) is 0 Å². The van der Waals surface area contributed by atoms with Crippen LogP contribution in [0, 0.1) is 5.92 Å². The molecule has 0 heterocycles. The minimum Gasteiger partial charge on any atom is -0.497 e. The highest BCUT2D eigenvalue weighted by Gasteiger charge is 2.04. The fourth-order valence-corrected chi connectivity index (χ4v) is 1.69. The standard InChI is InChI=1S/C16H26N4O2.HI/c1-12(2)9-19-16(17-3)20-11-15(21)18-10-13-5-7-14(22-4)8-6-13;/h5-8,12H,9-11H2,1-4H3,(H,18,21)(H2,17,19,20);1H. The lowest BCUT2D eigenvalue weighted by atomic mass is 10.2. The van der Waals surface area contributed by atoms with Gasteiger partial charge in [-0.05, 0) is 23.6 Å². The quantitative estimate of drug-likeness (QED) is 0.347. The number of carbonyl (C=O) groups excluding carboxylic acids is 1. The van der Waals surface area contributed by atoms with Gasteiger partial charge in [0.15, 0.2) is 5.96 Å². The first-order chi connectivity index (χ1) is 10.5. The van der Waals surface area contributed by atoms with E-state index in [4.69, 9.17) is 4.74 Å². The number of amides is 1. The summed E-state index contributed by atoms with van der Waals surface area (Å²) >= 11 is 0. The highest BCUT2D eigenvalue weighted by atomic mass is 127. The Bertz CT molecular complexity index is 489. The Hall–Kier alpha value is -1.51. The molecule has 1 aromatic carbocycles. The first-order valence-corrected chi connectivity index (χ1v) is 7.39. The van der Waals surface area contributed by atoms with E-state index >= 15 is 0 Å². The van der Waals surface area contributed by atoms with Gasteiger partial charge in [0, 0.05) is 20.1 Å². The minimum atomic E-state index is -0.0803. The normalized spacial score (nSPS) is 10.7. The number of nitrogens with zero attached hydrogens (tertiary/aromatic N) is 1. The highest BCUT2D eigenvalue weighted by molar-refractivity contribution is 14.0. The zero-order valence-corrected chi connectivity index (χ0v) is 16.5. The largest absolute Gasteiger partial charge is 0.497 e. The fraction of sp³-hybridized carbons (Fsp3) is 0.500. The number of rotatable bonds is 7. The smallest absolute Gasteiger partial charge is 0.239 e. The fourth-order valence-electron chi connectivity index (χ4n) is 1.69. The number of hydrogen-bond acceptors (Lipinski definition) is 3. The molecule has 0 aliphatic rings. The van der Waals surface area contributed by atoms with Gasteiger partial charge < -0.3 is 20.7 Å². The number of nitrogens with one attached hydrogen (secondary N) is 3. The van der Waals surface area contributed by atoms with Crippen LogP contribution in [-0.4, -0.2) is 39.1 Å². The first-order valence-electron chi connectivity index (χ1n) is 7.39. The monoisotopic (exact) mass is 434 g/mol. The average molecular weight is 434 g/mol. The van der Waals surface area contributed by atoms with E-state index in [0.29, 0.717) is 18.4 Å². The summed E-state index contributed by atoms with van der Waals surface area (Å²) < 4.78 is 5.09. The summed E-state index contributed by atoms with van der Waals surface area (Å²) in [5, 5.41) is 9.00. The third-order valence-electron chi connectivity index (χ3n) is 2.97. The van der Waals surface area contributed by atoms with E-state index in [1.807, 2.05) is 24.3 Å². The second kappa shape index (κ2) is 12.0.